The minimum Gasteiger partial charge on any atom is -0.478 e. The smallest absolute Gasteiger partial charge is 0.327 e. The number of carbonyl (C=O) groups is 2. The number of carboxylic acids is 2. The van der Waals surface area contributed by atoms with Crippen LogP contribution in [0, 0.1) is 0 Å². The number of aliphatic carboxylic acids is 2. The highest BCUT2D eigenvalue weighted by atomic mass is 16.4. The van der Waals surface area contributed by atoms with Crippen molar-refractivity contribution in [2.45, 2.75) is 398 Å². The van der Waals surface area contributed by atoms with Gasteiger partial charge in [0, 0.05) is 12.2 Å². The molecule has 0 radical (unpaired) electrons. The van der Waals surface area contributed by atoms with Crippen molar-refractivity contribution < 1.29 is 19.8 Å². The summed E-state index contributed by atoms with van der Waals surface area (Å²) in [5.74, 6) is -1.66. The lowest BCUT2D eigenvalue weighted by atomic mass is 10.0. The van der Waals surface area contributed by atoms with Crippen molar-refractivity contribution in [3.05, 3.63) is 36.5 Å². The Bertz CT molecular complexity index is 1160. The third kappa shape index (κ3) is 70.2. The van der Waals surface area contributed by atoms with E-state index >= 15 is 0 Å². The largest absolute Gasteiger partial charge is 0.478 e. The van der Waals surface area contributed by atoms with Gasteiger partial charge in [0.1, 0.15) is 0 Å². The van der Waals surface area contributed by atoms with Crippen LogP contribution in [0.2, 0.25) is 0 Å². The van der Waals surface area contributed by atoms with Gasteiger partial charge in [0.2, 0.25) is 0 Å². The average Bonchev–Trinajstić information content (AvgIpc) is 3.39. The van der Waals surface area contributed by atoms with Crippen LogP contribution in [0.15, 0.2) is 36.5 Å². The summed E-state index contributed by atoms with van der Waals surface area (Å²) in [6.07, 6.45) is 97.9. The molecule has 0 heterocycles. The molecule has 0 bridgehead atoms. The Hall–Kier alpha value is -1.84. The fourth-order valence-electron chi connectivity index (χ4n) is 11.2. The van der Waals surface area contributed by atoms with Crippen molar-refractivity contribution in [1.82, 2.24) is 0 Å². The molecule has 0 spiro atoms. The molecule has 0 aliphatic carbocycles. The SMILES string of the molecule is O=C(O)C=CCCCCCCC=CCCCCCCCCCCCCCCCCCCCCCCCCCCCCCCCCCCCCCCCCCCCCCCCCCCCCCCCCC=CC(=O)O. The summed E-state index contributed by atoms with van der Waals surface area (Å²) >= 11 is 0. The van der Waals surface area contributed by atoms with Gasteiger partial charge in [0.15, 0.2) is 0 Å². The molecule has 0 rings (SSSR count). The first kappa shape index (κ1) is 72.2. The number of hydrogen-bond donors (Lipinski definition) is 2. The summed E-state index contributed by atoms with van der Waals surface area (Å²) in [7, 11) is 0. The second kappa shape index (κ2) is 67.3. The second-order valence-electron chi connectivity index (χ2n) is 23.6. The molecular formula is C70H132O4. The van der Waals surface area contributed by atoms with Crippen LogP contribution in [-0.2, 0) is 9.59 Å². The van der Waals surface area contributed by atoms with Crippen molar-refractivity contribution in [2.24, 2.45) is 0 Å². The summed E-state index contributed by atoms with van der Waals surface area (Å²) in [5.41, 5.74) is 0. The lowest BCUT2D eigenvalue weighted by Crippen LogP contribution is -1.86. The molecule has 436 valence electrons. The monoisotopic (exact) mass is 1040 g/mol. The molecule has 0 fully saturated rings. The Balaban J connectivity index is 3.11. The molecule has 0 saturated carbocycles. The summed E-state index contributed by atoms with van der Waals surface area (Å²) < 4.78 is 0. The zero-order chi connectivity index (χ0) is 53.2. The van der Waals surface area contributed by atoms with Crippen molar-refractivity contribution in [3.63, 3.8) is 0 Å². The van der Waals surface area contributed by atoms with Crippen molar-refractivity contribution in [1.29, 1.82) is 0 Å². The molecule has 0 saturated heterocycles. The lowest BCUT2D eigenvalue weighted by Gasteiger charge is -2.05. The van der Waals surface area contributed by atoms with Crippen LogP contribution in [0.1, 0.15) is 398 Å². The Morgan fingerprint density at radius 2 is 0.257 bits per heavy atom. The fourth-order valence-corrected chi connectivity index (χ4v) is 11.2. The van der Waals surface area contributed by atoms with Gasteiger partial charge < -0.3 is 10.2 Å². The maximum Gasteiger partial charge on any atom is 0.327 e. The summed E-state index contributed by atoms with van der Waals surface area (Å²) in [6, 6.07) is 0. The first-order valence-corrected chi connectivity index (χ1v) is 34.1. The number of hydrogen-bond acceptors (Lipinski definition) is 2. The van der Waals surface area contributed by atoms with Gasteiger partial charge >= 0.3 is 11.9 Å². The number of allylic oxidation sites excluding steroid dienone is 4. The van der Waals surface area contributed by atoms with E-state index in [0.717, 1.165) is 25.7 Å². The first-order chi connectivity index (χ1) is 36.6. The van der Waals surface area contributed by atoms with E-state index in [-0.39, 0.29) is 0 Å². The number of carboxylic acid groups (broad SMARTS) is 2. The molecule has 0 aromatic rings. The highest BCUT2D eigenvalue weighted by Gasteiger charge is 2.00. The van der Waals surface area contributed by atoms with Gasteiger partial charge in [-0.25, -0.2) is 9.59 Å². The van der Waals surface area contributed by atoms with Crippen LogP contribution < -0.4 is 0 Å². The van der Waals surface area contributed by atoms with Gasteiger partial charge in [-0.2, -0.15) is 0 Å². The summed E-state index contributed by atoms with van der Waals surface area (Å²) in [4.78, 5) is 20.9. The highest BCUT2D eigenvalue weighted by molar-refractivity contribution is 5.79. The van der Waals surface area contributed by atoms with Gasteiger partial charge in [-0.1, -0.05) is 371 Å². The normalized spacial score (nSPS) is 11.9. The maximum atomic E-state index is 10.5. The van der Waals surface area contributed by atoms with E-state index in [4.69, 9.17) is 10.2 Å². The van der Waals surface area contributed by atoms with Gasteiger partial charge in [-0.05, 0) is 51.4 Å². The zero-order valence-electron chi connectivity index (χ0n) is 50.0. The molecule has 0 aromatic carbocycles. The Morgan fingerprint density at radius 1 is 0.162 bits per heavy atom. The maximum absolute atomic E-state index is 10.5. The van der Waals surface area contributed by atoms with Gasteiger partial charge in [0.25, 0.3) is 0 Å². The summed E-state index contributed by atoms with van der Waals surface area (Å²) in [5, 5.41) is 17.2. The van der Waals surface area contributed by atoms with E-state index in [2.05, 4.69) is 12.2 Å². The van der Waals surface area contributed by atoms with Crippen LogP contribution in [0.4, 0.5) is 0 Å². The van der Waals surface area contributed by atoms with Crippen LogP contribution in [0.25, 0.3) is 0 Å². The van der Waals surface area contributed by atoms with Crippen LogP contribution in [-0.4, -0.2) is 22.2 Å². The topological polar surface area (TPSA) is 74.6 Å². The van der Waals surface area contributed by atoms with E-state index in [0.29, 0.717) is 0 Å². The molecule has 0 aromatic heterocycles. The standard InChI is InChI=1S/C70H132O4/c71-69(72)67-65-63-61-59-57-55-53-51-49-47-45-43-41-39-37-35-33-31-29-27-25-23-21-19-17-15-13-11-9-7-5-3-1-2-4-6-8-10-12-14-16-18-20-22-24-26-28-30-32-34-36-38-40-42-44-46-48-50-52-54-56-58-60-62-64-66-68-70(73)74/h49,51,65-68H,1-48,50,52-64H2,(H,71,72)(H,73,74). The van der Waals surface area contributed by atoms with E-state index in [1.54, 1.807) is 12.2 Å². The van der Waals surface area contributed by atoms with Crippen molar-refractivity contribution in [3.8, 4) is 0 Å². The second-order valence-corrected chi connectivity index (χ2v) is 23.6. The van der Waals surface area contributed by atoms with E-state index in [1.165, 1.54) is 385 Å². The van der Waals surface area contributed by atoms with Gasteiger partial charge in [0.05, 0.1) is 0 Å². The first-order valence-electron chi connectivity index (χ1n) is 34.1. The van der Waals surface area contributed by atoms with Gasteiger partial charge in [-0.3, -0.25) is 0 Å². The molecule has 4 heteroatoms. The number of rotatable bonds is 66. The predicted octanol–water partition coefficient (Wildman–Crippen LogP) is 25.0. The molecular weight excluding hydrogens is 905 g/mol. The Morgan fingerprint density at radius 3 is 0.365 bits per heavy atom. The van der Waals surface area contributed by atoms with Crippen LogP contribution in [0.3, 0.4) is 0 Å². The molecule has 0 unspecified atom stereocenters. The molecule has 0 amide bonds. The minimum absolute atomic E-state index is 0.828. The average molecular weight is 1040 g/mol. The molecule has 4 nitrogen and oxygen atoms in total. The van der Waals surface area contributed by atoms with E-state index in [1.807, 2.05) is 0 Å². The molecule has 2 N–H and O–H groups in total. The molecule has 0 atom stereocenters. The lowest BCUT2D eigenvalue weighted by molar-refractivity contribution is -0.132. The third-order valence-corrected chi connectivity index (χ3v) is 16.2. The predicted molar refractivity (Wildman–Crippen MR) is 329 cm³/mol. The Labute approximate surface area is 464 Å². The van der Waals surface area contributed by atoms with Gasteiger partial charge in [-0.15, -0.1) is 0 Å². The Kier molecular flexibility index (Phi) is 65.6. The molecule has 74 heavy (non-hydrogen) atoms. The number of unbranched alkanes of at least 4 members (excludes halogenated alkanes) is 60. The van der Waals surface area contributed by atoms with Crippen molar-refractivity contribution in [2.75, 3.05) is 0 Å². The zero-order valence-corrected chi connectivity index (χ0v) is 50.0. The van der Waals surface area contributed by atoms with Crippen molar-refractivity contribution >= 4 is 11.9 Å². The van der Waals surface area contributed by atoms with E-state index in [9.17, 15) is 9.59 Å². The highest BCUT2D eigenvalue weighted by Crippen LogP contribution is 2.20. The summed E-state index contributed by atoms with van der Waals surface area (Å²) in [6.45, 7) is 0. The van der Waals surface area contributed by atoms with Crippen LogP contribution in [0.5, 0.6) is 0 Å². The minimum atomic E-state index is -0.837. The van der Waals surface area contributed by atoms with Crippen LogP contribution >= 0.6 is 0 Å². The quantitative estimate of drug-likeness (QED) is 0.0362. The van der Waals surface area contributed by atoms with E-state index < -0.39 is 11.9 Å². The third-order valence-electron chi connectivity index (χ3n) is 16.2. The molecule has 0 aliphatic heterocycles. The molecule has 0 aliphatic rings. The fraction of sp³-hybridized carbons (Fsp3) is 0.886.